The number of rotatable bonds is 5. The van der Waals surface area contributed by atoms with Crippen LogP contribution in [0, 0.1) is 46.8 Å². The van der Waals surface area contributed by atoms with Gasteiger partial charge < -0.3 is 4.74 Å². The van der Waals surface area contributed by atoms with Crippen molar-refractivity contribution < 1.29 is 39.9 Å². The smallest absolute Gasteiger partial charge is 0.458 e. The highest BCUT2D eigenvalue weighted by atomic mass is 19.4. The van der Waals surface area contributed by atoms with Gasteiger partial charge >= 0.3 is 6.18 Å². The number of ether oxygens (including phenoxy) is 1. The molecule has 1 aliphatic carbocycles. The van der Waals surface area contributed by atoms with Crippen LogP contribution in [0.1, 0.15) is 37.7 Å². The summed E-state index contributed by atoms with van der Waals surface area (Å²) in [7, 11) is 0. The first-order valence-corrected chi connectivity index (χ1v) is 12.9. The number of halogens is 8. The van der Waals surface area contributed by atoms with Crippen LogP contribution in [0.25, 0.3) is 33.0 Å². The lowest BCUT2D eigenvalue weighted by molar-refractivity contribution is -0.0696. The highest BCUT2D eigenvalue weighted by molar-refractivity contribution is 5.89. The van der Waals surface area contributed by atoms with Gasteiger partial charge in [-0.2, -0.15) is 13.2 Å². The zero-order valence-electron chi connectivity index (χ0n) is 21.4. The summed E-state index contributed by atoms with van der Waals surface area (Å²) in [5.41, 5.74) is -1.79. The molecule has 212 valence electrons. The van der Waals surface area contributed by atoms with Crippen molar-refractivity contribution in [2.24, 2.45) is 5.92 Å². The van der Waals surface area contributed by atoms with Gasteiger partial charge in [0.15, 0.2) is 0 Å². The molecule has 9 heteroatoms. The van der Waals surface area contributed by atoms with Gasteiger partial charge in [0, 0.05) is 22.9 Å². The molecule has 0 N–H and O–H groups in total. The van der Waals surface area contributed by atoms with Crippen molar-refractivity contribution in [3.63, 3.8) is 0 Å². The Kier molecular flexibility index (Phi) is 7.94. The van der Waals surface area contributed by atoms with Crippen molar-refractivity contribution in [3.8, 4) is 39.8 Å². The summed E-state index contributed by atoms with van der Waals surface area (Å²) in [5, 5.41) is -0.431. The van der Waals surface area contributed by atoms with Crippen LogP contribution >= 0.6 is 0 Å². The molecule has 1 aliphatic rings. The largest absolute Gasteiger partial charge is 0.493 e. The Hall–Kier alpha value is -4.06. The second-order valence-corrected chi connectivity index (χ2v) is 10.0. The molecule has 0 saturated heterocycles. The summed E-state index contributed by atoms with van der Waals surface area (Å²) < 4.78 is 117. The molecule has 0 aliphatic heterocycles. The number of hydrogen-bond donors (Lipinski definition) is 0. The number of benzene rings is 4. The first-order chi connectivity index (χ1) is 19.5. The average molecular weight is 575 g/mol. The van der Waals surface area contributed by atoms with E-state index in [1.165, 1.54) is 30.5 Å². The molecule has 5 rings (SSSR count). The molecule has 0 aromatic heterocycles. The Bertz CT molecular complexity index is 1650. The second-order valence-electron chi connectivity index (χ2n) is 10.0. The minimum absolute atomic E-state index is 0.0467. The third-order valence-electron chi connectivity index (χ3n) is 7.15. The van der Waals surface area contributed by atoms with Crippen molar-refractivity contribution in [2.45, 2.75) is 38.3 Å². The highest BCUT2D eigenvalue weighted by Crippen LogP contribution is 2.36. The number of alkyl halides is 3. The van der Waals surface area contributed by atoms with E-state index in [9.17, 15) is 26.3 Å². The molecule has 0 atom stereocenters. The molecule has 1 fully saturated rings. The SMILES string of the molecule is Fc1cc(OCC2CCCCC2)ccc1-c1cc(F)c(-c2ccc3c(F)c(C#CC(F)(F)F)c(F)cc3c2)c(F)c1. The van der Waals surface area contributed by atoms with Gasteiger partial charge in [0.2, 0.25) is 0 Å². The summed E-state index contributed by atoms with van der Waals surface area (Å²) in [6.45, 7) is 0.471. The van der Waals surface area contributed by atoms with Crippen molar-refractivity contribution in [3.05, 3.63) is 89.2 Å². The van der Waals surface area contributed by atoms with E-state index in [1.807, 2.05) is 0 Å². The fourth-order valence-corrected chi connectivity index (χ4v) is 5.13. The van der Waals surface area contributed by atoms with Crippen LogP contribution in [0.5, 0.6) is 5.75 Å². The highest BCUT2D eigenvalue weighted by Gasteiger charge is 2.24. The quantitative estimate of drug-likeness (QED) is 0.170. The number of fused-ring (bicyclic) bond motifs is 1. The Morgan fingerprint density at radius 1 is 0.732 bits per heavy atom. The van der Waals surface area contributed by atoms with E-state index >= 15 is 8.78 Å². The summed E-state index contributed by atoms with van der Waals surface area (Å²) >= 11 is 0. The van der Waals surface area contributed by atoms with E-state index in [2.05, 4.69) is 0 Å². The monoisotopic (exact) mass is 574 g/mol. The van der Waals surface area contributed by atoms with Crippen molar-refractivity contribution in [1.29, 1.82) is 0 Å². The molecular formula is C32H22F8O. The van der Waals surface area contributed by atoms with E-state index < -0.39 is 46.4 Å². The zero-order chi connectivity index (χ0) is 29.3. The van der Waals surface area contributed by atoms with E-state index in [0.717, 1.165) is 68.0 Å². The average Bonchev–Trinajstić information content (AvgIpc) is 2.91. The second kappa shape index (κ2) is 11.4. The van der Waals surface area contributed by atoms with Crippen molar-refractivity contribution in [1.82, 2.24) is 0 Å². The van der Waals surface area contributed by atoms with Crippen LogP contribution in [0.3, 0.4) is 0 Å². The third kappa shape index (κ3) is 6.32. The Morgan fingerprint density at radius 2 is 1.44 bits per heavy atom. The summed E-state index contributed by atoms with van der Waals surface area (Å²) in [5.74, 6) is -2.52. The predicted octanol–water partition coefficient (Wildman–Crippen LogP) is 9.74. The van der Waals surface area contributed by atoms with Crippen LogP contribution in [0.2, 0.25) is 0 Å². The van der Waals surface area contributed by atoms with Gasteiger partial charge in [-0.1, -0.05) is 37.3 Å². The van der Waals surface area contributed by atoms with E-state index in [4.69, 9.17) is 4.74 Å². The van der Waals surface area contributed by atoms with Gasteiger partial charge in [0.25, 0.3) is 0 Å². The Morgan fingerprint density at radius 3 is 2.10 bits per heavy atom. The normalized spacial score (nSPS) is 14.1. The molecule has 1 saturated carbocycles. The molecule has 0 spiro atoms. The minimum Gasteiger partial charge on any atom is -0.493 e. The van der Waals surface area contributed by atoms with Crippen LogP contribution in [0.4, 0.5) is 35.1 Å². The first kappa shape index (κ1) is 28.5. The van der Waals surface area contributed by atoms with Crippen LogP contribution < -0.4 is 4.74 Å². The maximum Gasteiger partial charge on any atom is 0.458 e. The van der Waals surface area contributed by atoms with Crippen LogP contribution in [0.15, 0.2) is 54.6 Å². The topological polar surface area (TPSA) is 9.23 Å². The first-order valence-electron chi connectivity index (χ1n) is 12.9. The van der Waals surface area contributed by atoms with Gasteiger partial charge in [-0.25, -0.2) is 22.0 Å². The Labute approximate surface area is 230 Å². The maximum absolute atomic E-state index is 15.2. The molecule has 0 unspecified atom stereocenters. The molecule has 1 nitrogen and oxygen atoms in total. The fraction of sp³-hybridized carbons (Fsp3) is 0.250. The van der Waals surface area contributed by atoms with Gasteiger partial charge in [-0.15, -0.1) is 0 Å². The molecule has 4 aromatic rings. The van der Waals surface area contributed by atoms with E-state index in [1.54, 1.807) is 0 Å². The molecule has 0 bridgehead atoms. The molecule has 0 amide bonds. The lowest BCUT2D eigenvalue weighted by atomic mass is 9.90. The molecular weight excluding hydrogens is 552 g/mol. The fourth-order valence-electron chi connectivity index (χ4n) is 5.13. The lowest BCUT2D eigenvalue weighted by Crippen LogP contribution is -2.15. The molecule has 0 radical (unpaired) electrons. The Balaban J connectivity index is 1.43. The predicted molar refractivity (Wildman–Crippen MR) is 140 cm³/mol. The minimum atomic E-state index is -4.95. The van der Waals surface area contributed by atoms with Crippen molar-refractivity contribution in [2.75, 3.05) is 6.61 Å². The molecule has 0 heterocycles. The van der Waals surface area contributed by atoms with Gasteiger partial charge in [0.1, 0.15) is 34.8 Å². The van der Waals surface area contributed by atoms with Gasteiger partial charge in [0.05, 0.1) is 17.7 Å². The van der Waals surface area contributed by atoms with Gasteiger partial charge in [-0.3, -0.25) is 0 Å². The van der Waals surface area contributed by atoms with Crippen molar-refractivity contribution >= 4 is 10.8 Å². The third-order valence-corrected chi connectivity index (χ3v) is 7.15. The van der Waals surface area contributed by atoms with Crippen LogP contribution in [-0.4, -0.2) is 12.8 Å². The standard InChI is InChI=1S/C32H22F8O/c33-26-13-20-12-19(6-8-24(20)31(37)25(26)10-11-32(38,39)40)30-28(35)14-21(15-29(30)36)23-9-7-22(16-27(23)34)41-17-18-4-2-1-3-5-18/h6-9,12-16,18H,1-5,17H2. The lowest BCUT2D eigenvalue weighted by Gasteiger charge is -2.21. The van der Waals surface area contributed by atoms with Gasteiger partial charge in [-0.05, 0) is 71.7 Å². The molecule has 41 heavy (non-hydrogen) atoms. The van der Waals surface area contributed by atoms with E-state index in [0.29, 0.717) is 18.3 Å². The summed E-state index contributed by atoms with van der Waals surface area (Å²) in [4.78, 5) is 0. The number of hydrogen-bond acceptors (Lipinski definition) is 1. The van der Waals surface area contributed by atoms with E-state index in [-0.39, 0.29) is 27.5 Å². The summed E-state index contributed by atoms with van der Waals surface area (Å²) in [6, 6.07) is 10.0. The maximum atomic E-state index is 15.2. The summed E-state index contributed by atoms with van der Waals surface area (Å²) in [6.07, 6.45) is 0.654. The van der Waals surface area contributed by atoms with Crippen LogP contribution in [-0.2, 0) is 0 Å². The molecule has 4 aromatic carbocycles. The zero-order valence-corrected chi connectivity index (χ0v) is 21.4.